The minimum atomic E-state index is 0. The molecule has 1 aromatic rings. The molecule has 3 fully saturated rings. The molecule has 3 aliphatic heterocycles. The second-order valence-corrected chi connectivity index (χ2v) is 8.81. The summed E-state index contributed by atoms with van der Waals surface area (Å²) in [4.78, 5) is 14.7. The van der Waals surface area contributed by atoms with Crippen molar-refractivity contribution in [3.63, 3.8) is 0 Å². The average molecular weight is 357 g/mol. The molecule has 22 heavy (non-hydrogen) atoms. The van der Waals surface area contributed by atoms with Crippen LogP contribution in [-0.2, 0) is 0 Å². The van der Waals surface area contributed by atoms with Crippen LogP contribution in [0.4, 0.5) is 0 Å². The minimum absolute atomic E-state index is 0. The van der Waals surface area contributed by atoms with Crippen LogP contribution in [0.2, 0.25) is 0 Å². The highest BCUT2D eigenvalue weighted by molar-refractivity contribution is 8.19. The minimum Gasteiger partial charge on any atom is -0.338 e. The van der Waals surface area contributed by atoms with E-state index >= 15 is 0 Å². The van der Waals surface area contributed by atoms with Gasteiger partial charge in [0.2, 0.25) is 0 Å². The van der Waals surface area contributed by atoms with Crippen molar-refractivity contribution in [2.45, 2.75) is 4.58 Å². The van der Waals surface area contributed by atoms with Crippen LogP contribution in [0.25, 0.3) is 0 Å². The van der Waals surface area contributed by atoms with E-state index in [4.69, 9.17) is 0 Å². The zero-order valence-corrected chi connectivity index (χ0v) is 14.8. The average Bonchev–Trinajstić information content (AvgIpc) is 3.23. The van der Waals surface area contributed by atoms with E-state index in [0.29, 0.717) is 16.4 Å². The van der Waals surface area contributed by atoms with Crippen molar-refractivity contribution in [2.24, 2.45) is 11.8 Å². The monoisotopic (exact) mass is 356 g/mol. The maximum Gasteiger partial charge on any atom is 0.253 e. The van der Waals surface area contributed by atoms with Gasteiger partial charge in [-0.05, 0) is 29.5 Å². The fourth-order valence-electron chi connectivity index (χ4n) is 3.54. The molecule has 1 amide bonds. The number of thioether (sulfide) groups is 2. The smallest absolute Gasteiger partial charge is 0.253 e. The number of benzene rings is 1. The van der Waals surface area contributed by atoms with Gasteiger partial charge in [0.15, 0.2) is 0 Å². The van der Waals surface area contributed by atoms with E-state index in [0.717, 1.165) is 31.7 Å². The number of nitrogens with zero attached hydrogens (tertiary/aromatic N) is 1. The molecule has 0 bridgehead atoms. The van der Waals surface area contributed by atoms with E-state index in [-0.39, 0.29) is 18.3 Å². The largest absolute Gasteiger partial charge is 0.338 e. The summed E-state index contributed by atoms with van der Waals surface area (Å²) in [5.41, 5.74) is 2.20. The Morgan fingerprint density at radius 3 is 2.23 bits per heavy atom. The maximum absolute atomic E-state index is 12.6. The zero-order valence-electron chi connectivity index (χ0n) is 12.4. The van der Waals surface area contributed by atoms with Gasteiger partial charge in [-0.1, -0.05) is 12.1 Å². The molecule has 4 rings (SSSR count). The highest BCUT2D eigenvalue weighted by Crippen LogP contribution is 2.45. The van der Waals surface area contributed by atoms with Crippen LogP contribution in [0.3, 0.4) is 0 Å². The Morgan fingerprint density at radius 1 is 1.05 bits per heavy atom. The van der Waals surface area contributed by atoms with Crippen molar-refractivity contribution >= 4 is 41.8 Å². The van der Waals surface area contributed by atoms with Gasteiger partial charge in [-0.25, -0.2) is 0 Å². The lowest BCUT2D eigenvalue weighted by Gasteiger charge is -2.18. The SMILES string of the molecule is Cl.O=C(c1ccc(C2SCCS2)cc1)N1C[C@H]2CNC[C@H]2C1. The van der Waals surface area contributed by atoms with Crippen molar-refractivity contribution in [1.82, 2.24) is 10.2 Å². The number of fused-ring (bicyclic) bond motifs is 1. The van der Waals surface area contributed by atoms with Crippen LogP contribution in [-0.4, -0.2) is 48.5 Å². The van der Waals surface area contributed by atoms with Crippen LogP contribution in [0.1, 0.15) is 20.5 Å². The lowest BCUT2D eigenvalue weighted by atomic mass is 10.0. The number of halogens is 1. The summed E-state index contributed by atoms with van der Waals surface area (Å²) >= 11 is 4.01. The number of carbonyl (C=O) groups excluding carboxylic acids is 1. The number of carbonyl (C=O) groups is 1. The van der Waals surface area contributed by atoms with E-state index in [1.807, 2.05) is 40.6 Å². The molecule has 120 valence electrons. The fraction of sp³-hybridized carbons (Fsp3) is 0.562. The summed E-state index contributed by atoms with van der Waals surface area (Å²) in [6, 6.07) is 8.32. The van der Waals surface area contributed by atoms with Crippen LogP contribution < -0.4 is 5.32 Å². The van der Waals surface area contributed by atoms with Gasteiger partial charge in [-0.2, -0.15) is 0 Å². The molecule has 3 aliphatic rings. The molecule has 0 aromatic heterocycles. The molecule has 0 spiro atoms. The molecule has 3 saturated heterocycles. The Balaban J connectivity index is 0.00000144. The van der Waals surface area contributed by atoms with Crippen LogP contribution in [0.5, 0.6) is 0 Å². The summed E-state index contributed by atoms with van der Waals surface area (Å²) in [5, 5.41) is 3.42. The first-order valence-electron chi connectivity index (χ1n) is 7.64. The summed E-state index contributed by atoms with van der Waals surface area (Å²) in [6.45, 7) is 3.99. The van der Waals surface area contributed by atoms with Crippen molar-refractivity contribution in [3.05, 3.63) is 35.4 Å². The Labute approximate surface area is 146 Å². The van der Waals surface area contributed by atoms with Crippen LogP contribution in [0, 0.1) is 11.8 Å². The van der Waals surface area contributed by atoms with Crippen LogP contribution in [0.15, 0.2) is 24.3 Å². The molecule has 3 heterocycles. The lowest BCUT2D eigenvalue weighted by molar-refractivity contribution is 0.0781. The fourth-order valence-corrected chi connectivity index (χ4v) is 6.40. The summed E-state index contributed by atoms with van der Waals surface area (Å²) in [6.07, 6.45) is 0. The molecular weight excluding hydrogens is 336 g/mol. The van der Waals surface area contributed by atoms with E-state index in [2.05, 4.69) is 17.4 Å². The number of amides is 1. The van der Waals surface area contributed by atoms with Gasteiger partial charge in [0, 0.05) is 43.2 Å². The van der Waals surface area contributed by atoms with Gasteiger partial charge in [0.1, 0.15) is 0 Å². The Hall–Kier alpha value is -0.360. The lowest BCUT2D eigenvalue weighted by Crippen LogP contribution is -2.31. The van der Waals surface area contributed by atoms with E-state index < -0.39 is 0 Å². The maximum atomic E-state index is 12.6. The highest BCUT2D eigenvalue weighted by Gasteiger charge is 2.38. The van der Waals surface area contributed by atoms with Gasteiger partial charge >= 0.3 is 0 Å². The number of rotatable bonds is 2. The Bertz CT molecular complexity index is 521. The van der Waals surface area contributed by atoms with Gasteiger partial charge < -0.3 is 10.2 Å². The predicted molar refractivity (Wildman–Crippen MR) is 97.1 cm³/mol. The Kier molecular flexibility index (Phi) is 5.28. The third-order valence-electron chi connectivity index (χ3n) is 4.73. The first kappa shape index (κ1) is 16.5. The van der Waals surface area contributed by atoms with Gasteiger partial charge in [0.05, 0.1) is 4.58 Å². The second kappa shape index (κ2) is 7.04. The molecule has 1 aromatic carbocycles. The number of hydrogen-bond acceptors (Lipinski definition) is 4. The second-order valence-electron chi connectivity index (χ2n) is 6.08. The molecule has 0 saturated carbocycles. The third-order valence-corrected chi connectivity index (χ3v) is 7.83. The summed E-state index contributed by atoms with van der Waals surface area (Å²) in [5.74, 6) is 4.02. The Morgan fingerprint density at radius 2 is 1.64 bits per heavy atom. The van der Waals surface area contributed by atoms with Gasteiger partial charge in [0.25, 0.3) is 5.91 Å². The van der Waals surface area contributed by atoms with E-state index in [1.165, 1.54) is 17.1 Å². The molecule has 2 atom stereocenters. The summed E-state index contributed by atoms with van der Waals surface area (Å²) < 4.78 is 0.561. The molecule has 0 aliphatic carbocycles. The molecule has 0 unspecified atom stereocenters. The predicted octanol–water partition coefficient (Wildman–Crippen LogP) is 2.88. The van der Waals surface area contributed by atoms with E-state index in [1.54, 1.807) is 0 Å². The topological polar surface area (TPSA) is 32.3 Å². The first-order chi connectivity index (χ1) is 10.3. The summed E-state index contributed by atoms with van der Waals surface area (Å²) in [7, 11) is 0. The van der Waals surface area contributed by atoms with Crippen LogP contribution >= 0.6 is 35.9 Å². The number of nitrogens with one attached hydrogen (secondary N) is 1. The molecule has 6 heteroatoms. The van der Waals surface area contributed by atoms with Gasteiger partial charge in [-0.15, -0.1) is 35.9 Å². The van der Waals surface area contributed by atoms with Crippen molar-refractivity contribution in [3.8, 4) is 0 Å². The molecular formula is C16H21ClN2OS2. The van der Waals surface area contributed by atoms with Crippen molar-refractivity contribution < 1.29 is 4.79 Å². The highest BCUT2D eigenvalue weighted by atomic mass is 35.5. The standard InChI is InChI=1S/C16H20N2OS2.ClH/c19-15(18-9-13-7-17-8-14(13)10-18)11-1-3-12(4-2-11)16-20-5-6-21-16;/h1-4,13-14,16-17H,5-10H2;1H/t13-,14+;. The quantitative estimate of drug-likeness (QED) is 0.883. The first-order valence-corrected chi connectivity index (χ1v) is 9.74. The normalized spacial score (nSPS) is 27.7. The molecule has 1 N–H and O–H groups in total. The van der Waals surface area contributed by atoms with Gasteiger partial charge in [-0.3, -0.25) is 4.79 Å². The third kappa shape index (κ3) is 3.14. The zero-order chi connectivity index (χ0) is 14.2. The van der Waals surface area contributed by atoms with Crippen molar-refractivity contribution in [1.29, 1.82) is 0 Å². The molecule has 0 radical (unpaired) electrons. The number of hydrogen-bond donors (Lipinski definition) is 1. The van der Waals surface area contributed by atoms with E-state index in [9.17, 15) is 4.79 Å². The number of likely N-dealkylation sites (tertiary alicyclic amines) is 1. The molecule has 3 nitrogen and oxygen atoms in total. The van der Waals surface area contributed by atoms with Crippen molar-refractivity contribution in [2.75, 3.05) is 37.7 Å².